The lowest BCUT2D eigenvalue weighted by atomic mass is 9.95. The number of nitrogens with zero attached hydrogens (tertiary/aromatic N) is 2. The molecule has 16 aromatic carbocycles. The Bertz CT molecular complexity index is 6620. The van der Waals surface area contributed by atoms with Crippen LogP contribution in [0.2, 0.25) is 0 Å². The Morgan fingerprint density at radius 1 is 0.204 bits per heavy atom. The Labute approximate surface area is 572 Å². The number of hydrogen-bond donors (Lipinski definition) is 0. The van der Waals surface area contributed by atoms with Crippen molar-refractivity contribution in [1.82, 2.24) is 0 Å². The van der Waals surface area contributed by atoms with Gasteiger partial charge in [0.15, 0.2) is 0 Å². The summed E-state index contributed by atoms with van der Waals surface area (Å²) in [6, 6.07) is 124. The van der Waals surface area contributed by atoms with Crippen LogP contribution >= 0.6 is 22.7 Å². The lowest BCUT2D eigenvalue weighted by Crippen LogP contribution is -2.12. The molecule has 0 saturated carbocycles. The molecule has 4 aromatic heterocycles. The van der Waals surface area contributed by atoms with Gasteiger partial charge in [0.1, 0.15) is 22.3 Å². The molecule has 4 nitrogen and oxygen atoms in total. The molecule has 0 unspecified atom stereocenters. The molecule has 20 aromatic rings. The van der Waals surface area contributed by atoms with Gasteiger partial charge in [-0.15, -0.1) is 22.7 Å². The van der Waals surface area contributed by atoms with Crippen LogP contribution in [0, 0.1) is 0 Å². The summed E-state index contributed by atoms with van der Waals surface area (Å²) in [6.45, 7) is 0. The smallest absolute Gasteiger partial charge is 0.137 e. The molecule has 0 aliphatic carbocycles. The second-order valence-corrected chi connectivity index (χ2v) is 27.6. The predicted octanol–water partition coefficient (Wildman–Crippen LogP) is 27.8. The quantitative estimate of drug-likeness (QED) is 0.129. The number of benzene rings is 16. The highest BCUT2D eigenvalue weighted by atomic mass is 32.1. The first-order valence-corrected chi connectivity index (χ1v) is 34.9. The normalized spacial score (nSPS) is 11.9. The zero-order valence-electron chi connectivity index (χ0n) is 52.9. The van der Waals surface area contributed by atoms with Gasteiger partial charge in [0.05, 0.1) is 39.2 Å². The van der Waals surface area contributed by atoms with E-state index in [4.69, 9.17) is 8.83 Å². The van der Waals surface area contributed by atoms with Crippen LogP contribution in [-0.2, 0) is 0 Å². The number of para-hydroxylation sites is 5. The van der Waals surface area contributed by atoms with Gasteiger partial charge in [0.25, 0.3) is 0 Å². The molecule has 0 bridgehead atoms. The molecule has 0 atom stereocenters. The Morgan fingerprint density at radius 3 is 1.22 bits per heavy atom. The van der Waals surface area contributed by atoms with Crippen molar-refractivity contribution >= 4 is 163 Å². The zero-order chi connectivity index (χ0) is 64.4. The fourth-order valence-electron chi connectivity index (χ4n) is 15.2. The SMILES string of the molecule is c1cc(-c2ccc3ccccc3c2)cc(N(c2ccccc2-c2ccc3c(c2)sc2ccc(-c4ccc5cc(-c6ccccc6N(c6ccccc6-c6ccc7c(c6)sc6ccccc67)c6cccc7oc8ccccc8c67)ccc5c4)cc23)c2cccc3oc4ccccc4c23)c1. The summed E-state index contributed by atoms with van der Waals surface area (Å²) in [5, 5.41) is 14.2. The molecule has 0 spiro atoms. The summed E-state index contributed by atoms with van der Waals surface area (Å²) < 4.78 is 18.2. The molecule has 0 fully saturated rings. The Kier molecular flexibility index (Phi) is 13.0. The first-order valence-electron chi connectivity index (χ1n) is 33.3. The van der Waals surface area contributed by atoms with Crippen LogP contribution in [0.4, 0.5) is 34.1 Å². The van der Waals surface area contributed by atoms with Gasteiger partial charge < -0.3 is 18.6 Å². The summed E-state index contributed by atoms with van der Waals surface area (Å²) in [6.07, 6.45) is 0. The van der Waals surface area contributed by atoms with E-state index in [1.165, 1.54) is 84.1 Å². The lowest BCUT2D eigenvalue weighted by molar-refractivity contribution is 0.668. The maximum Gasteiger partial charge on any atom is 0.137 e. The number of anilines is 6. The summed E-state index contributed by atoms with van der Waals surface area (Å²) in [5.41, 5.74) is 21.4. The molecule has 98 heavy (non-hydrogen) atoms. The van der Waals surface area contributed by atoms with Gasteiger partial charge in [-0.2, -0.15) is 0 Å². The van der Waals surface area contributed by atoms with E-state index in [-0.39, 0.29) is 0 Å². The van der Waals surface area contributed by atoms with E-state index in [2.05, 4.69) is 337 Å². The Balaban J connectivity index is 0.662. The molecule has 0 amide bonds. The second kappa shape index (κ2) is 22.7. The molecule has 0 aliphatic rings. The number of rotatable bonds is 11. The van der Waals surface area contributed by atoms with Crippen LogP contribution in [0.15, 0.2) is 349 Å². The minimum absolute atomic E-state index is 0.850. The summed E-state index contributed by atoms with van der Waals surface area (Å²) in [4.78, 5) is 4.90. The highest BCUT2D eigenvalue weighted by molar-refractivity contribution is 7.26. The van der Waals surface area contributed by atoms with Gasteiger partial charge in [-0.05, 0) is 176 Å². The molecule has 0 saturated heterocycles. The molecule has 0 aliphatic heterocycles. The van der Waals surface area contributed by atoms with Gasteiger partial charge in [-0.25, -0.2) is 0 Å². The molecule has 4 heterocycles. The largest absolute Gasteiger partial charge is 0.456 e. The predicted molar refractivity (Wildman–Crippen MR) is 418 cm³/mol. The Morgan fingerprint density at radius 2 is 0.592 bits per heavy atom. The maximum atomic E-state index is 6.61. The van der Waals surface area contributed by atoms with Crippen LogP contribution < -0.4 is 9.80 Å². The number of hydrogen-bond acceptors (Lipinski definition) is 6. The number of thiophene rings is 2. The number of fused-ring (bicyclic) bond motifs is 14. The van der Waals surface area contributed by atoms with E-state index in [0.717, 1.165) is 111 Å². The zero-order valence-corrected chi connectivity index (χ0v) is 54.5. The third-order valence-corrected chi connectivity index (χ3v) is 22.1. The maximum absolute atomic E-state index is 6.61. The topological polar surface area (TPSA) is 32.8 Å². The molecule has 0 radical (unpaired) electrons. The van der Waals surface area contributed by atoms with Crippen molar-refractivity contribution in [2.24, 2.45) is 0 Å². The Hall–Kier alpha value is -12.3. The van der Waals surface area contributed by atoms with E-state index in [1.807, 2.05) is 34.8 Å². The van der Waals surface area contributed by atoms with Crippen LogP contribution in [0.25, 0.3) is 161 Å². The van der Waals surface area contributed by atoms with Crippen molar-refractivity contribution in [3.05, 3.63) is 340 Å². The second-order valence-electron chi connectivity index (χ2n) is 25.4. The minimum Gasteiger partial charge on any atom is -0.456 e. The first-order chi connectivity index (χ1) is 48.5. The third kappa shape index (κ3) is 9.25. The van der Waals surface area contributed by atoms with Crippen LogP contribution in [0.5, 0.6) is 0 Å². The fraction of sp³-hybridized carbons (Fsp3) is 0. The summed E-state index contributed by atoms with van der Waals surface area (Å²) in [7, 11) is 0. The van der Waals surface area contributed by atoms with E-state index < -0.39 is 0 Å². The highest BCUT2D eigenvalue weighted by Gasteiger charge is 2.27. The van der Waals surface area contributed by atoms with Gasteiger partial charge in [-0.1, -0.05) is 224 Å². The monoisotopic (exact) mass is 1280 g/mol. The van der Waals surface area contributed by atoms with E-state index >= 15 is 0 Å². The summed E-state index contributed by atoms with van der Waals surface area (Å²) >= 11 is 3.71. The summed E-state index contributed by atoms with van der Waals surface area (Å²) in [5.74, 6) is 0. The van der Waals surface area contributed by atoms with Gasteiger partial charge >= 0.3 is 0 Å². The minimum atomic E-state index is 0.850. The van der Waals surface area contributed by atoms with Gasteiger partial charge in [-0.3, -0.25) is 0 Å². The van der Waals surface area contributed by atoms with Crippen molar-refractivity contribution in [2.75, 3.05) is 9.80 Å². The van der Waals surface area contributed by atoms with Crippen molar-refractivity contribution in [3.63, 3.8) is 0 Å². The van der Waals surface area contributed by atoms with Crippen LogP contribution in [-0.4, -0.2) is 0 Å². The van der Waals surface area contributed by atoms with Gasteiger partial charge in [0.2, 0.25) is 0 Å². The molecule has 458 valence electrons. The van der Waals surface area contributed by atoms with E-state index in [0.29, 0.717) is 0 Å². The number of furan rings is 2. The third-order valence-electron chi connectivity index (χ3n) is 19.8. The molecule has 20 rings (SSSR count). The van der Waals surface area contributed by atoms with Crippen molar-refractivity contribution < 1.29 is 8.83 Å². The molecule has 6 heteroatoms. The fourth-order valence-corrected chi connectivity index (χ4v) is 17.5. The van der Waals surface area contributed by atoms with Crippen LogP contribution in [0.1, 0.15) is 0 Å². The molecule has 0 N–H and O–H groups in total. The highest BCUT2D eigenvalue weighted by Crippen LogP contribution is 2.52. The standard InChI is InChI=1S/C92H56N2O2S2/c1-2-19-58-50-60(39-38-57(58)18-1)59-20-15-21-68(53-59)93(81-31-16-35-85-91(81)75-26-6-12-33-83(75)95-85)78-28-9-3-23-70(78)66-45-48-74-77-54-64(46-49-88(77)98-90(74)56-66)62-40-41-63-52-65(43-42-61(63)51-62)69-22-4-10-29-79(69)94(82-32-17-36-86-92(82)76-27-7-13-34-84(76)96-86)80-30-11-5-24-71(80)67-44-47-73-72-25-8-14-37-87(72)97-89(73)55-67/h1-56H. The van der Waals surface area contributed by atoms with E-state index in [1.54, 1.807) is 0 Å². The molecular formula is C92H56N2O2S2. The lowest BCUT2D eigenvalue weighted by Gasteiger charge is -2.30. The average molecular weight is 1290 g/mol. The van der Waals surface area contributed by atoms with Crippen LogP contribution in [0.3, 0.4) is 0 Å². The molecular weight excluding hydrogens is 1230 g/mol. The van der Waals surface area contributed by atoms with Crippen molar-refractivity contribution in [2.45, 2.75) is 0 Å². The first kappa shape index (κ1) is 56.1. The van der Waals surface area contributed by atoms with E-state index in [9.17, 15) is 0 Å². The van der Waals surface area contributed by atoms with Crippen molar-refractivity contribution in [3.8, 4) is 55.6 Å². The van der Waals surface area contributed by atoms with Gasteiger partial charge in [0, 0.05) is 73.5 Å². The van der Waals surface area contributed by atoms with Crippen molar-refractivity contribution in [1.29, 1.82) is 0 Å². The average Bonchev–Trinajstić information content (AvgIpc) is 1.21.